The zero-order valence-corrected chi connectivity index (χ0v) is 20.6. The first-order valence-corrected chi connectivity index (χ1v) is 13.7. The van der Waals surface area contributed by atoms with E-state index in [4.69, 9.17) is 0 Å². The van der Waals surface area contributed by atoms with E-state index >= 15 is 0 Å². The Morgan fingerprint density at radius 2 is 1.55 bits per heavy atom. The van der Waals surface area contributed by atoms with Crippen molar-refractivity contribution in [2.45, 2.75) is 24.2 Å². The van der Waals surface area contributed by atoms with Crippen molar-refractivity contribution in [2.24, 2.45) is 0 Å². The molecule has 1 N–H and O–H groups in total. The van der Waals surface area contributed by atoms with Gasteiger partial charge >= 0.3 is 0 Å². The molecule has 0 saturated carbocycles. The van der Waals surface area contributed by atoms with Crippen molar-refractivity contribution in [3.8, 4) is 0 Å². The van der Waals surface area contributed by atoms with E-state index in [2.05, 4.69) is 4.98 Å². The van der Waals surface area contributed by atoms with Crippen LogP contribution >= 0.6 is 11.8 Å². The summed E-state index contributed by atoms with van der Waals surface area (Å²) < 4.78 is 27.2. The van der Waals surface area contributed by atoms with Crippen LogP contribution in [0.4, 0.5) is 0 Å². The van der Waals surface area contributed by atoms with E-state index in [9.17, 15) is 18.0 Å². The summed E-state index contributed by atoms with van der Waals surface area (Å²) in [6.07, 6.45) is 1.40. The smallest absolute Gasteiger partial charge is 0.270 e. The van der Waals surface area contributed by atoms with Crippen LogP contribution in [0.1, 0.15) is 29.9 Å². The summed E-state index contributed by atoms with van der Waals surface area (Å²) in [6.45, 7) is 6.50. The molecule has 2 aliphatic heterocycles. The van der Waals surface area contributed by atoms with Gasteiger partial charge in [0.1, 0.15) is 10.6 Å². The number of nitrogens with one attached hydrogen (secondary N) is 1. The van der Waals surface area contributed by atoms with Crippen LogP contribution in [0, 0.1) is 0 Å². The Balaban J connectivity index is 1.38. The molecule has 2 fully saturated rings. The summed E-state index contributed by atoms with van der Waals surface area (Å²) in [4.78, 5) is 32.6. The van der Waals surface area contributed by atoms with E-state index in [1.54, 1.807) is 21.6 Å². The Kier molecular flexibility index (Phi) is 6.88. The maximum atomic E-state index is 13.2. The minimum Gasteiger partial charge on any atom is -0.356 e. The molecule has 178 valence electrons. The fourth-order valence-electron chi connectivity index (χ4n) is 4.24. The minimum atomic E-state index is -3.60. The molecule has 2 aliphatic rings. The number of amides is 2. The molecule has 1 aromatic heterocycles. The van der Waals surface area contributed by atoms with Crippen LogP contribution in [0.15, 0.2) is 47.5 Å². The highest BCUT2D eigenvalue weighted by molar-refractivity contribution is 7.99. The number of benzene rings is 1. The van der Waals surface area contributed by atoms with Gasteiger partial charge in [-0.25, -0.2) is 8.42 Å². The van der Waals surface area contributed by atoms with E-state index in [1.165, 1.54) is 16.6 Å². The van der Waals surface area contributed by atoms with Gasteiger partial charge in [-0.2, -0.15) is 16.1 Å². The lowest BCUT2D eigenvalue weighted by Crippen LogP contribution is -2.54. The van der Waals surface area contributed by atoms with Gasteiger partial charge in [-0.3, -0.25) is 9.59 Å². The largest absolute Gasteiger partial charge is 0.356 e. The number of hydrogen-bond donors (Lipinski definition) is 1. The lowest BCUT2D eigenvalue weighted by molar-refractivity contribution is -0.137. The highest BCUT2D eigenvalue weighted by atomic mass is 32.2. The van der Waals surface area contributed by atoms with Crippen LogP contribution in [-0.2, 0) is 20.2 Å². The Bertz CT molecular complexity index is 1100. The molecule has 10 heteroatoms. The van der Waals surface area contributed by atoms with Crippen molar-refractivity contribution >= 4 is 33.6 Å². The van der Waals surface area contributed by atoms with Gasteiger partial charge in [0.05, 0.1) is 5.41 Å². The zero-order valence-electron chi connectivity index (χ0n) is 19.0. The molecule has 0 radical (unpaired) electrons. The van der Waals surface area contributed by atoms with Gasteiger partial charge in [-0.1, -0.05) is 30.3 Å². The van der Waals surface area contributed by atoms with Crippen LogP contribution in [-0.4, -0.2) is 90.1 Å². The molecule has 1 aromatic carbocycles. The van der Waals surface area contributed by atoms with E-state index in [1.807, 2.05) is 44.2 Å². The van der Waals surface area contributed by atoms with Gasteiger partial charge in [-0.05, 0) is 25.5 Å². The molecule has 8 nitrogen and oxygen atoms in total. The van der Waals surface area contributed by atoms with Gasteiger partial charge in [0, 0.05) is 57.0 Å². The van der Waals surface area contributed by atoms with Gasteiger partial charge < -0.3 is 14.8 Å². The first-order chi connectivity index (χ1) is 15.7. The average Bonchev–Trinajstić information content (AvgIpc) is 3.36. The highest BCUT2D eigenvalue weighted by Crippen LogP contribution is 2.26. The highest BCUT2D eigenvalue weighted by Gasteiger charge is 2.36. The first-order valence-electron chi connectivity index (χ1n) is 11.1. The van der Waals surface area contributed by atoms with Gasteiger partial charge in [0.2, 0.25) is 15.9 Å². The van der Waals surface area contributed by atoms with Crippen LogP contribution in [0.3, 0.4) is 0 Å². The second-order valence-electron chi connectivity index (χ2n) is 8.84. The van der Waals surface area contributed by atoms with Crippen LogP contribution in [0.25, 0.3) is 0 Å². The molecule has 4 rings (SSSR count). The number of piperazine rings is 1. The number of thioether (sulfide) groups is 1. The third-order valence-electron chi connectivity index (χ3n) is 6.38. The second kappa shape index (κ2) is 9.52. The third kappa shape index (κ3) is 4.83. The number of nitrogens with zero attached hydrogens (tertiary/aromatic N) is 3. The molecule has 3 heterocycles. The van der Waals surface area contributed by atoms with Gasteiger partial charge in [0.15, 0.2) is 0 Å². The second-order valence-corrected chi connectivity index (χ2v) is 12.0. The number of carbonyl (C=O) groups excluding carboxylic acids is 2. The quantitative estimate of drug-likeness (QED) is 0.692. The number of H-pyrrole nitrogens is 1. The first kappa shape index (κ1) is 23.8. The van der Waals surface area contributed by atoms with Crippen molar-refractivity contribution in [2.75, 3.05) is 50.8 Å². The molecule has 2 saturated heterocycles. The normalized spacial score (nSPS) is 18.4. The molecular weight excluding hydrogens is 460 g/mol. The third-order valence-corrected chi connectivity index (χ3v) is 9.20. The number of carbonyl (C=O) groups is 2. The monoisotopic (exact) mass is 490 g/mol. The summed E-state index contributed by atoms with van der Waals surface area (Å²) in [6, 6.07) is 11.1. The van der Waals surface area contributed by atoms with Gasteiger partial charge in [0.25, 0.3) is 5.91 Å². The Morgan fingerprint density at radius 3 is 2.18 bits per heavy atom. The van der Waals surface area contributed by atoms with E-state index in [0.717, 1.165) is 17.1 Å². The van der Waals surface area contributed by atoms with Crippen LogP contribution in [0.2, 0.25) is 0 Å². The Morgan fingerprint density at radius 1 is 0.939 bits per heavy atom. The molecule has 0 aliphatic carbocycles. The maximum absolute atomic E-state index is 13.2. The summed E-state index contributed by atoms with van der Waals surface area (Å²) in [5, 5.41) is 0. The fraction of sp³-hybridized carbons (Fsp3) is 0.478. The van der Waals surface area contributed by atoms with Crippen molar-refractivity contribution in [3.63, 3.8) is 0 Å². The average molecular weight is 491 g/mol. The molecule has 33 heavy (non-hydrogen) atoms. The van der Waals surface area contributed by atoms with Crippen LogP contribution in [0.5, 0.6) is 0 Å². The molecule has 0 unspecified atom stereocenters. The topological polar surface area (TPSA) is 93.8 Å². The fourth-order valence-corrected chi connectivity index (χ4v) is 6.81. The molecular formula is C23H30N4O4S2. The number of hydrogen-bond acceptors (Lipinski definition) is 5. The number of aromatic amines is 1. The summed E-state index contributed by atoms with van der Waals surface area (Å²) in [5.74, 6) is 1.34. The standard InChI is InChI=1S/C23H30N4O4S2/c1-23(2,18-6-4-3-5-7-18)22(29)26-10-8-25(9-11-26)21(28)20-16-19(17-24-20)33(30,31)27-12-14-32-15-13-27/h3-7,16-17,24H,8-15H2,1-2H3. The van der Waals surface area contributed by atoms with Gasteiger partial charge in [-0.15, -0.1) is 0 Å². The molecule has 2 aromatic rings. The van der Waals surface area contributed by atoms with Crippen molar-refractivity contribution in [1.29, 1.82) is 0 Å². The molecule has 2 amide bonds. The predicted molar refractivity (Wildman–Crippen MR) is 129 cm³/mol. The predicted octanol–water partition coefficient (Wildman–Crippen LogP) is 2.01. The Labute approximate surface area is 199 Å². The summed E-state index contributed by atoms with van der Waals surface area (Å²) in [5.41, 5.74) is 0.564. The lowest BCUT2D eigenvalue weighted by Gasteiger charge is -2.38. The molecule has 0 atom stereocenters. The lowest BCUT2D eigenvalue weighted by atomic mass is 9.83. The van der Waals surface area contributed by atoms with Crippen molar-refractivity contribution in [1.82, 2.24) is 19.1 Å². The van der Waals surface area contributed by atoms with Crippen LogP contribution < -0.4 is 0 Å². The molecule has 0 bridgehead atoms. The van der Waals surface area contributed by atoms with Crippen molar-refractivity contribution < 1.29 is 18.0 Å². The molecule has 0 spiro atoms. The van der Waals surface area contributed by atoms with Crippen molar-refractivity contribution in [3.05, 3.63) is 53.9 Å². The number of aromatic nitrogens is 1. The maximum Gasteiger partial charge on any atom is 0.270 e. The zero-order chi connectivity index (χ0) is 23.6. The summed E-state index contributed by atoms with van der Waals surface area (Å²) >= 11 is 1.74. The minimum absolute atomic E-state index is 0.0359. The number of rotatable bonds is 5. The SMILES string of the molecule is CC(C)(C(=O)N1CCN(C(=O)c2cc(S(=O)(=O)N3CCSCC3)c[nH]2)CC1)c1ccccc1. The van der Waals surface area contributed by atoms with E-state index < -0.39 is 15.4 Å². The summed E-state index contributed by atoms with van der Waals surface area (Å²) in [7, 11) is -3.60. The van der Waals surface area contributed by atoms with E-state index in [0.29, 0.717) is 39.3 Å². The Hall–Kier alpha value is -2.30. The van der Waals surface area contributed by atoms with E-state index in [-0.39, 0.29) is 22.4 Å². The number of sulfonamides is 1.